The molecular weight excluding hydrogens is 371 g/mol. The first kappa shape index (κ1) is 20.0. The lowest BCUT2D eigenvalue weighted by Crippen LogP contribution is -2.28. The van der Waals surface area contributed by atoms with Crippen LogP contribution in [0.25, 0.3) is 0 Å². The molecule has 3 aromatic carbocycles. The van der Waals surface area contributed by atoms with Crippen molar-refractivity contribution in [1.29, 1.82) is 0 Å². The molecule has 5 heteroatoms. The molecule has 0 aliphatic carbocycles. The molecule has 0 aliphatic heterocycles. The Hall–Kier alpha value is -2.78. The predicted molar refractivity (Wildman–Crippen MR) is 110 cm³/mol. The summed E-state index contributed by atoms with van der Waals surface area (Å²) < 4.78 is 4.63. The van der Waals surface area contributed by atoms with Gasteiger partial charge in [0.1, 0.15) is 0 Å². The van der Waals surface area contributed by atoms with E-state index in [1.165, 1.54) is 0 Å². The van der Waals surface area contributed by atoms with Gasteiger partial charge in [-0.15, -0.1) is 0 Å². The van der Waals surface area contributed by atoms with E-state index in [4.69, 9.17) is 9.79 Å². The Morgan fingerprint density at radius 1 is 0.786 bits per heavy atom. The average Bonchev–Trinajstić information content (AvgIpc) is 2.73. The number of carbonyl (C=O) groups is 1. The summed E-state index contributed by atoms with van der Waals surface area (Å²) in [7, 11) is -2.77. The van der Waals surface area contributed by atoms with Crippen LogP contribution in [0.1, 0.15) is 23.6 Å². The third-order valence-electron chi connectivity index (χ3n) is 4.61. The Morgan fingerprint density at radius 3 is 1.46 bits per heavy atom. The molecule has 0 saturated heterocycles. The Balaban J connectivity index is 2.30. The van der Waals surface area contributed by atoms with E-state index in [0.717, 1.165) is 16.7 Å². The summed E-state index contributed by atoms with van der Waals surface area (Å²) >= 11 is 0. The summed E-state index contributed by atoms with van der Waals surface area (Å²) in [5, 5.41) is 0. The van der Waals surface area contributed by atoms with Crippen LogP contribution in [0.4, 0.5) is 0 Å². The molecule has 4 nitrogen and oxygen atoms in total. The number of hydrogen-bond acceptors (Lipinski definition) is 4. The number of allylic oxidation sites excluding steroid dienone is 1. The minimum atomic E-state index is -2.77. The van der Waals surface area contributed by atoms with E-state index < -0.39 is 20.0 Å². The highest BCUT2D eigenvalue weighted by atomic mass is 31.2. The third-order valence-corrected chi connectivity index (χ3v) is 4.94. The summed E-state index contributed by atoms with van der Waals surface area (Å²) in [4.78, 5) is 30.5. The Bertz CT molecular complexity index is 841. The number of rotatable bonds is 6. The Labute approximate surface area is 165 Å². The van der Waals surface area contributed by atoms with E-state index in [-0.39, 0.29) is 5.57 Å². The summed E-state index contributed by atoms with van der Waals surface area (Å²) in [6, 6.07) is 29.7. The van der Waals surface area contributed by atoms with Crippen LogP contribution < -0.4 is 0 Å². The molecule has 3 rings (SSSR count). The molecule has 0 amide bonds. The van der Waals surface area contributed by atoms with Crippen LogP contribution in [0.2, 0.25) is 0 Å². The first-order valence-electron chi connectivity index (χ1n) is 8.80. The Kier molecular flexibility index (Phi) is 6.37. The highest BCUT2D eigenvalue weighted by Gasteiger charge is 2.35. The fourth-order valence-electron chi connectivity index (χ4n) is 3.38. The zero-order valence-electron chi connectivity index (χ0n) is 15.4. The molecule has 0 fully saturated rings. The normalized spacial score (nSPS) is 12.1. The fraction of sp³-hybridized carbons (Fsp3) is 0.0870. The quantitative estimate of drug-likeness (QED) is 0.362. The van der Waals surface area contributed by atoms with Gasteiger partial charge in [0.25, 0.3) is 0 Å². The van der Waals surface area contributed by atoms with Crippen molar-refractivity contribution in [2.45, 2.75) is 12.3 Å². The van der Waals surface area contributed by atoms with Crippen molar-refractivity contribution in [1.82, 2.24) is 0 Å². The van der Waals surface area contributed by atoms with Crippen molar-refractivity contribution >= 4 is 14.6 Å². The van der Waals surface area contributed by atoms with Gasteiger partial charge in [-0.1, -0.05) is 97.1 Å². The zero-order valence-corrected chi connectivity index (χ0v) is 16.3. The van der Waals surface area contributed by atoms with Crippen LogP contribution >= 0.6 is 8.60 Å². The lowest BCUT2D eigenvalue weighted by Gasteiger charge is -2.33. The smallest absolute Gasteiger partial charge is 0.391 e. The maximum Gasteiger partial charge on any atom is 0.394 e. The van der Waals surface area contributed by atoms with Crippen LogP contribution in [0.3, 0.4) is 0 Å². The molecule has 0 heterocycles. The molecule has 3 aromatic rings. The van der Waals surface area contributed by atoms with Gasteiger partial charge in [-0.2, -0.15) is 0 Å². The standard InChI is InChI=1S/C23H21O4P/c1-18(22(24)27-28(25)26)17-23(19-11-5-2-6-12-19,20-13-7-3-8-14-20)21-15-9-4-10-16-21/h2-17,25-26H,1H3. The SMILES string of the molecule is CC(=CC(c1ccccc1)(c1ccccc1)c1ccccc1)C(=O)OP(O)O. The van der Waals surface area contributed by atoms with Crippen LogP contribution in [-0.4, -0.2) is 15.8 Å². The summed E-state index contributed by atoms with van der Waals surface area (Å²) in [5.74, 6) is -0.761. The predicted octanol–water partition coefficient (Wildman–Crippen LogP) is 4.72. The maximum atomic E-state index is 12.3. The summed E-state index contributed by atoms with van der Waals surface area (Å²) in [5.41, 5.74) is 2.48. The lowest BCUT2D eigenvalue weighted by atomic mass is 9.68. The molecule has 0 saturated carbocycles. The van der Waals surface area contributed by atoms with Crippen molar-refractivity contribution in [2.24, 2.45) is 0 Å². The minimum absolute atomic E-state index is 0.284. The highest BCUT2D eigenvalue weighted by Crippen LogP contribution is 2.41. The molecule has 0 spiro atoms. The summed E-state index contributed by atoms with van der Waals surface area (Å²) in [6.45, 7) is 1.62. The summed E-state index contributed by atoms with van der Waals surface area (Å²) in [6.07, 6.45) is 1.83. The number of benzene rings is 3. The molecular formula is C23H21O4P. The monoisotopic (exact) mass is 392 g/mol. The molecule has 0 aliphatic rings. The second-order valence-electron chi connectivity index (χ2n) is 6.36. The van der Waals surface area contributed by atoms with E-state index in [2.05, 4.69) is 4.52 Å². The molecule has 0 unspecified atom stereocenters. The van der Waals surface area contributed by atoms with Gasteiger partial charge >= 0.3 is 14.6 Å². The molecule has 0 atom stereocenters. The molecule has 2 N–H and O–H groups in total. The van der Waals surface area contributed by atoms with E-state index in [1.54, 1.807) is 6.92 Å². The van der Waals surface area contributed by atoms with Gasteiger partial charge in [-0.25, -0.2) is 4.79 Å². The first-order valence-corrected chi connectivity index (χ1v) is 9.97. The van der Waals surface area contributed by atoms with Crippen molar-refractivity contribution in [3.63, 3.8) is 0 Å². The second kappa shape index (κ2) is 8.94. The molecule has 142 valence electrons. The Morgan fingerprint density at radius 2 is 1.14 bits per heavy atom. The van der Waals surface area contributed by atoms with Crippen LogP contribution in [0.15, 0.2) is 103 Å². The van der Waals surface area contributed by atoms with Gasteiger partial charge in [0.05, 0.1) is 5.41 Å². The van der Waals surface area contributed by atoms with Gasteiger partial charge in [-0.3, -0.25) is 0 Å². The van der Waals surface area contributed by atoms with E-state index in [0.29, 0.717) is 0 Å². The van der Waals surface area contributed by atoms with E-state index in [1.807, 2.05) is 97.1 Å². The van der Waals surface area contributed by atoms with Gasteiger partial charge in [0.15, 0.2) is 0 Å². The van der Waals surface area contributed by atoms with Gasteiger partial charge < -0.3 is 14.3 Å². The van der Waals surface area contributed by atoms with Crippen LogP contribution in [0.5, 0.6) is 0 Å². The number of carbonyl (C=O) groups excluding carboxylic acids is 1. The van der Waals surface area contributed by atoms with Crippen molar-refractivity contribution in [3.05, 3.63) is 119 Å². The largest absolute Gasteiger partial charge is 0.394 e. The molecule has 0 radical (unpaired) electrons. The van der Waals surface area contributed by atoms with Crippen LogP contribution in [0, 0.1) is 0 Å². The topological polar surface area (TPSA) is 66.8 Å². The molecule has 0 bridgehead atoms. The highest BCUT2D eigenvalue weighted by molar-refractivity contribution is 7.40. The van der Waals surface area contributed by atoms with Crippen molar-refractivity contribution in [3.8, 4) is 0 Å². The van der Waals surface area contributed by atoms with Crippen LogP contribution in [-0.2, 0) is 14.7 Å². The molecule has 0 aromatic heterocycles. The van der Waals surface area contributed by atoms with Gasteiger partial charge in [-0.05, 0) is 23.6 Å². The van der Waals surface area contributed by atoms with E-state index >= 15 is 0 Å². The lowest BCUT2D eigenvalue weighted by molar-refractivity contribution is -0.130. The fourth-order valence-corrected chi connectivity index (χ4v) is 3.68. The second-order valence-corrected chi connectivity index (χ2v) is 7.05. The minimum Gasteiger partial charge on any atom is -0.391 e. The average molecular weight is 392 g/mol. The third kappa shape index (κ3) is 4.20. The van der Waals surface area contributed by atoms with E-state index in [9.17, 15) is 4.79 Å². The number of hydrogen-bond donors (Lipinski definition) is 2. The molecule has 28 heavy (non-hydrogen) atoms. The van der Waals surface area contributed by atoms with Gasteiger partial charge in [0, 0.05) is 5.57 Å². The van der Waals surface area contributed by atoms with Crippen molar-refractivity contribution < 1.29 is 19.1 Å². The van der Waals surface area contributed by atoms with Crippen molar-refractivity contribution in [2.75, 3.05) is 0 Å². The maximum absolute atomic E-state index is 12.3. The first-order chi connectivity index (χ1) is 13.5. The zero-order chi connectivity index (χ0) is 20.0. The van der Waals surface area contributed by atoms with Gasteiger partial charge in [0.2, 0.25) is 0 Å².